The number of rotatable bonds is 14. The van der Waals surface area contributed by atoms with Crippen molar-refractivity contribution in [2.75, 3.05) is 47.2 Å². The van der Waals surface area contributed by atoms with E-state index in [9.17, 15) is 0 Å². The molecule has 1 N–H and O–H groups in total. The molecule has 148 valence electrons. The molecular weight excluding hydrogens is 342 g/mol. The highest BCUT2D eigenvalue weighted by Crippen LogP contribution is 2.25. The molecule has 0 spiro atoms. The van der Waals surface area contributed by atoms with Crippen molar-refractivity contribution in [2.24, 2.45) is 0 Å². The van der Waals surface area contributed by atoms with Crippen molar-refractivity contribution in [1.82, 2.24) is 5.32 Å². The fourth-order valence-electron chi connectivity index (χ4n) is 2.67. The van der Waals surface area contributed by atoms with E-state index in [0.29, 0.717) is 26.4 Å². The predicted octanol–water partition coefficient (Wildman–Crippen LogP) is 3.46. The van der Waals surface area contributed by atoms with Crippen LogP contribution in [0.5, 0.6) is 11.5 Å². The smallest absolute Gasteiger partial charge is 0.127 e. The Hall–Kier alpha value is -2.08. The number of ether oxygens (including phenoxy) is 4. The first-order valence-electron chi connectivity index (χ1n) is 9.44. The average molecular weight is 373 g/mol. The number of methoxy groups -OCH3 is 2. The molecule has 0 fully saturated rings. The second-order valence-electron chi connectivity index (χ2n) is 6.22. The summed E-state index contributed by atoms with van der Waals surface area (Å²) in [6.07, 6.45) is 2.18. The third-order valence-electron chi connectivity index (χ3n) is 4.12. The largest absolute Gasteiger partial charge is 0.491 e. The van der Waals surface area contributed by atoms with Crippen LogP contribution in [0.25, 0.3) is 0 Å². The molecule has 0 bridgehead atoms. The lowest BCUT2D eigenvalue weighted by Gasteiger charge is -2.14. The summed E-state index contributed by atoms with van der Waals surface area (Å²) in [5, 5.41) is 3.50. The van der Waals surface area contributed by atoms with Crippen LogP contribution >= 0.6 is 0 Å². The van der Waals surface area contributed by atoms with Gasteiger partial charge in [-0.25, -0.2) is 0 Å². The van der Waals surface area contributed by atoms with Gasteiger partial charge in [-0.3, -0.25) is 0 Å². The highest BCUT2D eigenvalue weighted by molar-refractivity contribution is 5.40. The van der Waals surface area contributed by atoms with Crippen LogP contribution < -0.4 is 14.8 Å². The van der Waals surface area contributed by atoms with Gasteiger partial charge in [0, 0.05) is 32.4 Å². The average Bonchev–Trinajstić information content (AvgIpc) is 2.70. The van der Waals surface area contributed by atoms with E-state index in [1.165, 1.54) is 5.56 Å². The second kappa shape index (κ2) is 13.1. The van der Waals surface area contributed by atoms with E-state index in [1.807, 2.05) is 12.1 Å². The van der Waals surface area contributed by atoms with Gasteiger partial charge in [-0.15, -0.1) is 0 Å². The van der Waals surface area contributed by atoms with Crippen LogP contribution in [0.1, 0.15) is 17.5 Å². The molecule has 0 saturated carbocycles. The molecule has 0 aromatic heterocycles. The van der Waals surface area contributed by atoms with E-state index < -0.39 is 0 Å². The lowest BCUT2D eigenvalue weighted by molar-refractivity contribution is 0.142. The summed E-state index contributed by atoms with van der Waals surface area (Å²) in [6.45, 7) is 3.86. The molecule has 5 heteroatoms. The maximum atomic E-state index is 5.87. The van der Waals surface area contributed by atoms with Crippen molar-refractivity contribution < 1.29 is 18.9 Å². The maximum Gasteiger partial charge on any atom is 0.127 e. The third-order valence-corrected chi connectivity index (χ3v) is 4.12. The first kappa shape index (κ1) is 21.2. The van der Waals surface area contributed by atoms with Crippen molar-refractivity contribution in [3.63, 3.8) is 0 Å². The fraction of sp³-hybridized carbons (Fsp3) is 0.455. The van der Waals surface area contributed by atoms with Crippen LogP contribution in [0.2, 0.25) is 0 Å². The molecule has 0 heterocycles. The molecule has 0 aliphatic rings. The van der Waals surface area contributed by atoms with Crippen LogP contribution in [0.3, 0.4) is 0 Å². The molecule has 0 radical (unpaired) electrons. The van der Waals surface area contributed by atoms with Crippen molar-refractivity contribution in [2.45, 2.75) is 19.4 Å². The summed E-state index contributed by atoms with van der Waals surface area (Å²) in [4.78, 5) is 0. The summed E-state index contributed by atoms with van der Waals surface area (Å²) in [5.41, 5.74) is 2.49. The zero-order valence-corrected chi connectivity index (χ0v) is 16.4. The van der Waals surface area contributed by atoms with Crippen molar-refractivity contribution in [1.29, 1.82) is 0 Å². The standard InChI is InChI=1S/C22H31NO4/c1-24-13-15-26-21-11-10-20(22(17-21)27-16-14-25-2)18-23-12-6-9-19-7-4-3-5-8-19/h3-5,7-8,10-11,17,23H,6,9,12-16,18H2,1-2H3. The van der Waals surface area contributed by atoms with Gasteiger partial charge < -0.3 is 24.3 Å². The van der Waals surface area contributed by atoms with Gasteiger partial charge in [-0.2, -0.15) is 0 Å². The molecule has 0 aliphatic carbocycles. The SMILES string of the molecule is COCCOc1ccc(CNCCCc2ccccc2)c(OCCOC)c1. The van der Waals surface area contributed by atoms with Gasteiger partial charge in [-0.05, 0) is 31.0 Å². The minimum atomic E-state index is 0.513. The Kier molecular flexibility index (Phi) is 10.3. The number of hydrogen-bond acceptors (Lipinski definition) is 5. The molecule has 0 atom stereocenters. The van der Waals surface area contributed by atoms with Crippen molar-refractivity contribution in [3.05, 3.63) is 59.7 Å². The van der Waals surface area contributed by atoms with Crippen molar-refractivity contribution in [3.8, 4) is 11.5 Å². The molecule has 27 heavy (non-hydrogen) atoms. The topological polar surface area (TPSA) is 49.0 Å². The monoisotopic (exact) mass is 373 g/mol. The summed E-state index contributed by atoms with van der Waals surface area (Å²) in [5.74, 6) is 1.62. The molecular formula is C22H31NO4. The zero-order chi connectivity index (χ0) is 19.2. The van der Waals surface area contributed by atoms with Crippen LogP contribution in [0, 0.1) is 0 Å². The van der Waals surface area contributed by atoms with Crippen LogP contribution in [-0.2, 0) is 22.4 Å². The number of hydrogen-bond donors (Lipinski definition) is 1. The van der Waals surface area contributed by atoms with Crippen molar-refractivity contribution >= 4 is 0 Å². The van der Waals surface area contributed by atoms with Crippen LogP contribution in [-0.4, -0.2) is 47.2 Å². The van der Waals surface area contributed by atoms with E-state index in [1.54, 1.807) is 14.2 Å². The first-order valence-corrected chi connectivity index (χ1v) is 9.44. The van der Waals surface area contributed by atoms with Gasteiger partial charge in [0.05, 0.1) is 13.2 Å². The Bertz CT molecular complexity index is 633. The first-order chi connectivity index (χ1) is 13.3. The molecule has 5 nitrogen and oxygen atoms in total. The van der Waals surface area contributed by atoms with Crippen LogP contribution in [0.4, 0.5) is 0 Å². The lowest BCUT2D eigenvalue weighted by Crippen LogP contribution is -2.17. The highest BCUT2D eigenvalue weighted by Gasteiger charge is 2.07. The second-order valence-corrected chi connectivity index (χ2v) is 6.22. The number of aryl methyl sites for hydroxylation is 1. The van der Waals surface area contributed by atoms with E-state index >= 15 is 0 Å². The lowest BCUT2D eigenvalue weighted by atomic mass is 10.1. The zero-order valence-electron chi connectivity index (χ0n) is 16.4. The number of nitrogens with one attached hydrogen (secondary N) is 1. The molecule has 2 rings (SSSR count). The minimum absolute atomic E-state index is 0.513. The quantitative estimate of drug-likeness (QED) is 0.514. The Morgan fingerprint density at radius 3 is 2.30 bits per heavy atom. The minimum Gasteiger partial charge on any atom is -0.491 e. The molecule has 0 aliphatic heterocycles. The van der Waals surface area contributed by atoms with E-state index in [2.05, 4.69) is 41.7 Å². The van der Waals surface area contributed by atoms with E-state index in [0.717, 1.165) is 43.0 Å². The van der Waals surface area contributed by atoms with Gasteiger partial charge in [0.15, 0.2) is 0 Å². The summed E-state index contributed by atoms with van der Waals surface area (Å²) >= 11 is 0. The maximum absolute atomic E-state index is 5.87. The Balaban J connectivity index is 1.83. The van der Waals surface area contributed by atoms with E-state index in [-0.39, 0.29) is 0 Å². The third kappa shape index (κ3) is 8.43. The highest BCUT2D eigenvalue weighted by atomic mass is 16.5. The fourth-order valence-corrected chi connectivity index (χ4v) is 2.67. The van der Waals surface area contributed by atoms with Gasteiger partial charge in [0.1, 0.15) is 24.7 Å². The van der Waals surface area contributed by atoms with Gasteiger partial charge in [0.25, 0.3) is 0 Å². The molecule has 0 amide bonds. The van der Waals surface area contributed by atoms with Gasteiger partial charge in [0.2, 0.25) is 0 Å². The Morgan fingerprint density at radius 1 is 0.815 bits per heavy atom. The normalized spacial score (nSPS) is 10.7. The predicted molar refractivity (Wildman–Crippen MR) is 108 cm³/mol. The summed E-state index contributed by atoms with van der Waals surface area (Å²) in [6, 6.07) is 16.5. The molecule has 0 saturated heterocycles. The van der Waals surface area contributed by atoms with Gasteiger partial charge in [-0.1, -0.05) is 36.4 Å². The molecule has 0 unspecified atom stereocenters. The van der Waals surface area contributed by atoms with Crippen LogP contribution in [0.15, 0.2) is 48.5 Å². The number of benzene rings is 2. The summed E-state index contributed by atoms with van der Waals surface area (Å²) in [7, 11) is 3.33. The summed E-state index contributed by atoms with van der Waals surface area (Å²) < 4.78 is 21.7. The van der Waals surface area contributed by atoms with Gasteiger partial charge >= 0.3 is 0 Å². The Morgan fingerprint density at radius 2 is 1.56 bits per heavy atom. The molecule has 2 aromatic carbocycles. The van der Waals surface area contributed by atoms with E-state index in [4.69, 9.17) is 18.9 Å². The Labute approximate surface area is 162 Å². The molecule has 2 aromatic rings.